The lowest BCUT2D eigenvalue weighted by atomic mass is 9.99. The highest BCUT2D eigenvalue weighted by atomic mass is 19.1. The molecule has 128 valence electrons. The minimum absolute atomic E-state index is 0.0507. The molecule has 2 heterocycles. The zero-order chi connectivity index (χ0) is 17.1. The van der Waals surface area contributed by atoms with Crippen LogP contribution in [-0.2, 0) is 23.0 Å². The molecule has 1 fully saturated rings. The van der Waals surface area contributed by atoms with Gasteiger partial charge in [-0.05, 0) is 24.1 Å². The minimum Gasteiger partial charge on any atom is -0.366 e. The molecule has 7 heteroatoms. The summed E-state index contributed by atoms with van der Waals surface area (Å²) in [6.45, 7) is 3.36. The smallest absolute Gasteiger partial charge is 0.225 e. The highest BCUT2D eigenvalue weighted by molar-refractivity contribution is 5.79. The van der Waals surface area contributed by atoms with Crippen molar-refractivity contribution in [3.8, 4) is 0 Å². The number of amides is 1. The first kappa shape index (κ1) is 16.6. The molecule has 2 aromatic rings. The summed E-state index contributed by atoms with van der Waals surface area (Å²) in [5, 5.41) is 7.92. The van der Waals surface area contributed by atoms with Crippen LogP contribution < -0.4 is 0 Å². The van der Waals surface area contributed by atoms with E-state index in [2.05, 4.69) is 10.2 Å². The van der Waals surface area contributed by atoms with E-state index >= 15 is 0 Å². The van der Waals surface area contributed by atoms with Crippen LogP contribution in [0.15, 0.2) is 30.6 Å². The van der Waals surface area contributed by atoms with Crippen molar-refractivity contribution in [2.24, 2.45) is 13.0 Å². The van der Waals surface area contributed by atoms with Crippen molar-refractivity contribution in [3.63, 3.8) is 0 Å². The number of halogens is 1. The number of rotatable bonds is 4. The van der Waals surface area contributed by atoms with Crippen LogP contribution >= 0.6 is 0 Å². The quantitative estimate of drug-likeness (QED) is 0.856. The third kappa shape index (κ3) is 3.62. The van der Waals surface area contributed by atoms with Crippen molar-refractivity contribution in [2.75, 3.05) is 19.7 Å². The van der Waals surface area contributed by atoms with E-state index < -0.39 is 0 Å². The maximum absolute atomic E-state index is 13.3. The first-order valence-corrected chi connectivity index (χ1v) is 8.03. The third-order valence-corrected chi connectivity index (χ3v) is 4.27. The van der Waals surface area contributed by atoms with E-state index in [1.807, 2.05) is 20.0 Å². The number of hydrogen-bond donors (Lipinski definition) is 0. The second-order valence-electron chi connectivity index (χ2n) is 6.18. The van der Waals surface area contributed by atoms with Crippen molar-refractivity contribution < 1.29 is 13.9 Å². The molecule has 0 radical (unpaired) electrons. The van der Waals surface area contributed by atoms with Crippen LogP contribution in [0.2, 0.25) is 0 Å². The molecule has 0 unspecified atom stereocenters. The Hall–Kier alpha value is -2.28. The highest BCUT2D eigenvalue weighted by Gasteiger charge is 2.30. The zero-order valence-electron chi connectivity index (χ0n) is 13.9. The molecule has 1 aromatic carbocycles. The Kier molecular flexibility index (Phi) is 4.89. The number of carbonyl (C=O) groups excluding carboxylic acids is 1. The van der Waals surface area contributed by atoms with Gasteiger partial charge < -0.3 is 14.2 Å². The summed E-state index contributed by atoms with van der Waals surface area (Å²) in [6, 6.07) is 6.39. The molecule has 1 aromatic heterocycles. The summed E-state index contributed by atoms with van der Waals surface area (Å²) < 4.78 is 20.8. The normalized spacial score (nSPS) is 19.3. The van der Waals surface area contributed by atoms with E-state index in [0.717, 1.165) is 5.56 Å². The van der Waals surface area contributed by atoms with E-state index in [0.29, 0.717) is 31.9 Å². The summed E-state index contributed by atoms with van der Waals surface area (Å²) in [6.07, 6.45) is 1.87. The fourth-order valence-corrected chi connectivity index (χ4v) is 3.01. The summed E-state index contributed by atoms with van der Waals surface area (Å²) in [7, 11) is 1.85. The number of aromatic nitrogens is 3. The van der Waals surface area contributed by atoms with Crippen LogP contribution in [-0.4, -0.2) is 45.3 Å². The fourth-order valence-electron chi connectivity index (χ4n) is 3.01. The minimum atomic E-state index is -0.277. The van der Waals surface area contributed by atoms with Gasteiger partial charge in [-0.3, -0.25) is 4.79 Å². The molecule has 0 saturated carbocycles. The highest BCUT2D eigenvalue weighted by Crippen LogP contribution is 2.22. The Morgan fingerprint density at radius 2 is 2.33 bits per heavy atom. The van der Waals surface area contributed by atoms with Crippen LogP contribution in [0, 0.1) is 11.7 Å². The van der Waals surface area contributed by atoms with Crippen molar-refractivity contribution in [1.82, 2.24) is 19.7 Å². The number of carbonyl (C=O) groups is 1. The molecular formula is C17H21FN4O2. The van der Waals surface area contributed by atoms with Crippen LogP contribution in [0.5, 0.6) is 0 Å². The lowest BCUT2D eigenvalue weighted by Crippen LogP contribution is -2.45. The van der Waals surface area contributed by atoms with Gasteiger partial charge in [0, 0.05) is 19.5 Å². The maximum atomic E-state index is 13.3. The standard InChI is InChI=1S/C17H21FN4O2/c1-12(8-13-4-3-5-14(18)9-13)17(23)22-6-7-24-15(10-22)16-20-19-11-21(16)2/h3-5,9,11-12,15H,6-8,10H2,1-2H3/t12-,15-/m0/s1. The SMILES string of the molecule is C[C@@H](Cc1cccc(F)c1)C(=O)N1CCO[C@H](c2nncn2C)C1. The number of benzene rings is 1. The number of aryl methyl sites for hydroxylation is 1. The number of ether oxygens (including phenoxy) is 1. The van der Waals surface area contributed by atoms with E-state index in [1.165, 1.54) is 12.1 Å². The van der Waals surface area contributed by atoms with Crippen molar-refractivity contribution in [3.05, 3.63) is 47.8 Å². The van der Waals surface area contributed by atoms with Gasteiger partial charge in [-0.2, -0.15) is 0 Å². The Bertz CT molecular complexity index is 718. The molecule has 3 rings (SSSR count). The van der Waals surface area contributed by atoms with E-state index in [4.69, 9.17) is 4.74 Å². The maximum Gasteiger partial charge on any atom is 0.225 e. The lowest BCUT2D eigenvalue weighted by molar-refractivity contribution is -0.143. The van der Waals surface area contributed by atoms with Gasteiger partial charge >= 0.3 is 0 Å². The van der Waals surface area contributed by atoms with Crippen molar-refractivity contribution in [1.29, 1.82) is 0 Å². The van der Waals surface area contributed by atoms with Gasteiger partial charge in [0.2, 0.25) is 5.91 Å². The average molecular weight is 332 g/mol. The Labute approximate surface area is 140 Å². The van der Waals surface area contributed by atoms with Crippen molar-refractivity contribution >= 4 is 5.91 Å². The Morgan fingerprint density at radius 3 is 3.04 bits per heavy atom. The predicted octanol–water partition coefficient (Wildman–Crippen LogP) is 1.73. The van der Waals surface area contributed by atoms with E-state index in [9.17, 15) is 9.18 Å². The molecule has 1 aliphatic heterocycles. The summed E-state index contributed by atoms with van der Waals surface area (Å²) >= 11 is 0. The van der Waals surface area contributed by atoms with Crippen LogP contribution in [0.1, 0.15) is 24.4 Å². The predicted molar refractivity (Wildman–Crippen MR) is 85.5 cm³/mol. The monoisotopic (exact) mass is 332 g/mol. The molecule has 0 spiro atoms. The fraction of sp³-hybridized carbons (Fsp3) is 0.471. The first-order chi connectivity index (χ1) is 11.5. The molecular weight excluding hydrogens is 311 g/mol. The topological polar surface area (TPSA) is 60.3 Å². The average Bonchev–Trinajstić information content (AvgIpc) is 3.00. The van der Waals surface area contributed by atoms with Crippen molar-refractivity contribution in [2.45, 2.75) is 19.4 Å². The van der Waals surface area contributed by atoms with Gasteiger partial charge in [0.25, 0.3) is 0 Å². The number of morpholine rings is 1. The van der Waals surface area contributed by atoms with Gasteiger partial charge in [0.05, 0.1) is 13.2 Å². The van der Waals surface area contributed by atoms with Gasteiger partial charge in [-0.15, -0.1) is 10.2 Å². The lowest BCUT2D eigenvalue weighted by Gasteiger charge is -2.34. The number of nitrogens with zero attached hydrogens (tertiary/aromatic N) is 4. The van der Waals surface area contributed by atoms with Crippen LogP contribution in [0.25, 0.3) is 0 Å². The largest absolute Gasteiger partial charge is 0.366 e. The second kappa shape index (κ2) is 7.09. The van der Waals surface area contributed by atoms with Gasteiger partial charge in [0.15, 0.2) is 5.82 Å². The zero-order valence-corrected chi connectivity index (χ0v) is 13.9. The summed E-state index contributed by atoms with van der Waals surface area (Å²) in [5.74, 6) is 0.269. The van der Waals surface area contributed by atoms with Gasteiger partial charge in [-0.25, -0.2) is 4.39 Å². The van der Waals surface area contributed by atoms with Crippen LogP contribution in [0.3, 0.4) is 0 Å². The molecule has 1 saturated heterocycles. The summed E-state index contributed by atoms with van der Waals surface area (Å²) in [5.41, 5.74) is 0.828. The third-order valence-electron chi connectivity index (χ3n) is 4.27. The molecule has 0 N–H and O–H groups in total. The Morgan fingerprint density at radius 1 is 1.50 bits per heavy atom. The molecule has 1 amide bonds. The number of hydrogen-bond acceptors (Lipinski definition) is 4. The van der Waals surface area contributed by atoms with Gasteiger partial charge in [-0.1, -0.05) is 19.1 Å². The molecule has 1 aliphatic rings. The van der Waals surface area contributed by atoms with Gasteiger partial charge in [0.1, 0.15) is 18.2 Å². The molecule has 24 heavy (non-hydrogen) atoms. The second-order valence-corrected chi connectivity index (χ2v) is 6.18. The van der Waals surface area contributed by atoms with E-state index in [-0.39, 0.29) is 23.7 Å². The Balaban J connectivity index is 1.64. The molecule has 6 nitrogen and oxygen atoms in total. The molecule has 0 aliphatic carbocycles. The molecule has 0 bridgehead atoms. The molecule has 2 atom stereocenters. The summed E-state index contributed by atoms with van der Waals surface area (Å²) in [4.78, 5) is 14.5. The van der Waals surface area contributed by atoms with E-state index in [1.54, 1.807) is 21.9 Å². The first-order valence-electron chi connectivity index (χ1n) is 8.03. The van der Waals surface area contributed by atoms with Crippen LogP contribution in [0.4, 0.5) is 4.39 Å².